The topological polar surface area (TPSA) is 49.8 Å². The number of para-hydroxylation sites is 1. The number of nitrogens with zero attached hydrogens (tertiary/aromatic N) is 1. The third kappa shape index (κ3) is 3.27. The van der Waals surface area contributed by atoms with Crippen LogP contribution in [0.2, 0.25) is 0 Å². The molecule has 21 heavy (non-hydrogen) atoms. The Labute approximate surface area is 125 Å². The third-order valence-electron chi connectivity index (χ3n) is 4.45. The molecule has 1 aromatic rings. The molecule has 0 saturated carbocycles. The Balaban J connectivity index is 1.71. The van der Waals surface area contributed by atoms with Crippen molar-refractivity contribution in [3.8, 4) is 0 Å². The minimum atomic E-state index is -0.461. The molecule has 1 N–H and O–H groups in total. The van der Waals surface area contributed by atoms with Gasteiger partial charge in [0.1, 0.15) is 0 Å². The van der Waals surface area contributed by atoms with E-state index in [1.54, 1.807) is 0 Å². The van der Waals surface area contributed by atoms with Gasteiger partial charge < -0.3 is 14.7 Å². The highest BCUT2D eigenvalue weighted by atomic mass is 16.5. The average Bonchev–Trinajstić information content (AvgIpc) is 2.96. The molecule has 114 valence electrons. The van der Waals surface area contributed by atoms with Gasteiger partial charge in [-0.3, -0.25) is 4.79 Å². The SMILES string of the molecule is O=C(CCC1CCCO1)N1CCCC(O)c2ccccc21. The third-order valence-corrected chi connectivity index (χ3v) is 4.45. The lowest BCUT2D eigenvalue weighted by Gasteiger charge is -2.24. The van der Waals surface area contributed by atoms with E-state index in [-0.39, 0.29) is 12.0 Å². The lowest BCUT2D eigenvalue weighted by Crippen LogP contribution is -2.32. The van der Waals surface area contributed by atoms with Crippen LogP contribution in [0.4, 0.5) is 5.69 Å². The number of carbonyl (C=O) groups excluding carboxylic acids is 1. The van der Waals surface area contributed by atoms with E-state index in [0.29, 0.717) is 19.4 Å². The van der Waals surface area contributed by atoms with Gasteiger partial charge in [-0.1, -0.05) is 18.2 Å². The van der Waals surface area contributed by atoms with Crippen molar-refractivity contribution in [1.82, 2.24) is 0 Å². The zero-order chi connectivity index (χ0) is 14.7. The van der Waals surface area contributed by atoms with Crippen molar-refractivity contribution in [2.45, 2.75) is 50.7 Å². The molecule has 2 unspecified atom stereocenters. The van der Waals surface area contributed by atoms with Gasteiger partial charge in [-0.2, -0.15) is 0 Å². The quantitative estimate of drug-likeness (QED) is 0.931. The monoisotopic (exact) mass is 289 g/mol. The second kappa shape index (κ2) is 6.58. The zero-order valence-corrected chi connectivity index (χ0v) is 12.3. The van der Waals surface area contributed by atoms with Gasteiger partial charge in [-0.15, -0.1) is 0 Å². The first-order chi connectivity index (χ1) is 10.3. The molecule has 2 aliphatic heterocycles. The first-order valence-corrected chi connectivity index (χ1v) is 7.94. The fourth-order valence-electron chi connectivity index (χ4n) is 3.28. The number of aliphatic hydroxyl groups is 1. The van der Waals surface area contributed by atoms with Crippen LogP contribution in [-0.2, 0) is 9.53 Å². The van der Waals surface area contributed by atoms with Crippen LogP contribution in [0, 0.1) is 0 Å². The Morgan fingerprint density at radius 1 is 1.29 bits per heavy atom. The highest BCUT2D eigenvalue weighted by molar-refractivity contribution is 5.94. The Morgan fingerprint density at radius 2 is 2.14 bits per heavy atom. The van der Waals surface area contributed by atoms with Gasteiger partial charge in [0, 0.05) is 30.8 Å². The molecule has 0 bridgehead atoms. The fourth-order valence-corrected chi connectivity index (χ4v) is 3.28. The van der Waals surface area contributed by atoms with Crippen LogP contribution in [0.5, 0.6) is 0 Å². The second-order valence-electron chi connectivity index (χ2n) is 5.94. The summed E-state index contributed by atoms with van der Waals surface area (Å²) in [5.41, 5.74) is 1.75. The largest absolute Gasteiger partial charge is 0.388 e. The lowest BCUT2D eigenvalue weighted by molar-refractivity contribution is -0.119. The van der Waals surface area contributed by atoms with Gasteiger partial charge in [0.05, 0.1) is 12.2 Å². The molecule has 3 rings (SSSR count). The fraction of sp³-hybridized carbons (Fsp3) is 0.588. The summed E-state index contributed by atoms with van der Waals surface area (Å²) in [6, 6.07) is 7.71. The smallest absolute Gasteiger partial charge is 0.227 e. The second-order valence-corrected chi connectivity index (χ2v) is 5.94. The predicted molar refractivity (Wildman–Crippen MR) is 81.2 cm³/mol. The highest BCUT2D eigenvalue weighted by Crippen LogP contribution is 2.33. The van der Waals surface area contributed by atoms with Gasteiger partial charge in [0.15, 0.2) is 0 Å². The molecule has 1 aromatic carbocycles. The summed E-state index contributed by atoms with van der Waals surface area (Å²) in [5.74, 6) is 0.145. The molecule has 1 saturated heterocycles. The van der Waals surface area contributed by atoms with Crippen LogP contribution in [0.1, 0.15) is 50.2 Å². The van der Waals surface area contributed by atoms with E-state index in [0.717, 1.165) is 43.5 Å². The number of aliphatic hydroxyl groups excluding tert-OH is 1. The van der Waals surface area contributed by atoms with E-state index < -0.39 is 6.10 Å². The van der Waals surface area contributed by atoms with Crippen molar-refractivity contribution in [3.63, 3.8) is 0 Å². The first kappa shape index (κ1) is 14.5. The molecule has 0 aromatic heterocycles. The van der Waals surface area contributed by atoms with E-state index in [4.69, 9.17) is 4.74 Å². The number of amides is 1. The molecule has 0 radical (unpaired) electrons. The van der Waals surface area contributed by atoms with Crippen LogP contribution >= 0.6 is 0 Å². The average molecular weight is 289 g/mol. The first-order valence-electron chi connectivity index (χ1n) is 7.94. The number of hydrogen-bond acceptors (Lipinski definition) is 3. The molecule has 1 fully saturated rings. The van der Waals surface area contributed by atoms with Crippen LogP contribution < -0.4 is 4.90 Å². The number of rotatable bonds is 3. The van der Waals surface area contributed by atoms with Gasteiger partial charge in [0.25, 0.3) is 0 Å². The van der Waals surface area contributed by atoms with Crippen LogP contribution in [0.15, 0.2) is 24.3 Å². The van der Waals surface area contributed by atoms with Crippen molar-refractivity contribution in [1.29, 1.82) is 0 Å². The maximum atomic E-state index is 12.6. The van der Waals surface area contributed by atoms with E-state index in [1.807, 2.05) is 29.2 Å². The summed E-state index contributed by atoms with van der Waals surface area (Å²) in [7, 11) is 0. The minimum Gasteiger partial charge on any atom is -0.388 e. The van der Waals surface area contributed by atoms with Crippen molar-refractivity contribution < 1.29 is 14.6 Å². The van der Waals surface area contributed by atoms with Gasteiger partial charge in [-0.05, 0) is 38.2 Å². The molecule has 4 nitrogen and oxygen atoms in total. The summed E-state index contributed by atoms with van der Waals surface area (Å²) in [4.78, 5) is 14.4. The van der Waals surface area contributed by atoms with Gasteiger partial charge >= 0.3 is 0 Å². The molecule has 2 atom stereocenters. The Bertz CT molecular complexity index is 497. The van der Waals surface area contributed by atoms with E-state index in [2.05, 4.69) is 0 Å². The summed E-state index contributed by atoms with van der Waals surface area (Å²) in [6.07, 6.45) is 4.85. The summed E-state index contributed by atoms with van der Waals surface area (Å²) < 4.78 is 5.59. The summed E-state index contributed by atoms with van der Waals surface area (Å²) >= 11 is 0. The number of benzene rings is 1. The molecular formula is C17H23NO3. The molecule has 0 spiro atoms. The molecular weight excluding hydrogens is 266 g/mol. The predicted octanol–water partition coefficient (Wildman–Crippen LogP) is 2.81. The van der Waals surface area contributed by atoms with Crippen molar-refractivity contribution in [2.24, 2.45) is 0 Å². The van der Waals surface area contributed by atoms with E-state index >= 15 is 0 Å². The minimum absolute atomic E-state index is 0.145. The Hall–Kier alpha value is -1.39. The van der Waals surface area contributed by atoms with Crippen LogP contribution in [-0.4, -0.2) is 30.3 Å². The number of hydrogen-bond donors (Lipinski definition) is 1. The summed E-state index contributed by atoms with van der Waals surface area (Å²) in [6.45, 7) is 1.52. The van der Waals surface area contributed by atoms with Crippen LogP contribution in [0.3, 0.4) is 0 Å². The van der Waals surface area contributed by atoms with Gasteiger partial charge in [0.2, 0.25) is 5.91 Å². The van der Waals surface area contributed by atoms with Crippen molar-refractivity contribution in [2.75, 3.05) is 18.1 Å². The Kier molecular flexibility index (Phi) is 4.56. The summed E-state index contributed by atoms with van der Waals surface area (Å²) in [5, 5.41) is 10.2. The Morgan fingerprint density at radius 3 is 2.95 bits per heavy atom. The van der Waals surface area contributed by atoms with E-state index in [1.165, 1.54) is 0 Å². The lowest BCUT2D eigenvalue weighted by atomic mass is 10.0. The zero-order valence-electron chi connectivity index (χ0n) is 12.3. The molecule has 2 aliphatic rings. The van der Waals surface area contributed by atoms with Gasteiger partial charge in [-0.25, -0.2) is 0 Å². The van der Waals surface area contributed by atoms with E-state index in [9.17, 15) is 9.90 Å². The van der Waals surface area contributed by atoms with Crippen molar-refractivity contribution in [3.05, 3.63) is 29.8 Å². The number of carbonyl (C=O) groups is 1. The number of anilines is 1. The standard InChI is InChI=1S/C17H23NO3/c19-16-8-3-11-18(15-7-2-1-6-14(15)16)17(20)10-9-13-5-4-12-21-13/h1-2,6-7,13,16,19H,3-5,8-12H2. The highest BCUT2D eigenvalue weighted by Gasteiger charge is 2.26. The molecule has 1 amide bonds. The molecule has 2 heterocycles. The maximum absolute atomic E-state index is 12.6. The van der Waals surface area contributed by atoms with Crippen LogP contribution in [0.25, 0.3) is 0 Å². The van der Waals surface area contributed by atoms with Crippen molar-refractivity contribution >= 4 is 11.6 Å². The molecule has 0 aliphatic carbocycles. The number of fused-ring (bicyclic) bond motifs is 1. The molecule has 4 heteroatoms. The normalized spacial score (nSPS) is 25.5. The maximum Gasteiger partial charge on any atom is 0.227 e. The number of ether oxygens (including phenoxy) is 1.